The Hall–Kier alpha value is -3.94. The molecule has 8 heteroatoms. The molecule has 2 N–H and O–H groups in total. The number of hydrogen-bond donors (Lipinski definition) is 2. The highest BCUT2D eigenvalue weighted by Gasteiger charge is 2.74. The first-order valence-electron chi connectivity index (χ1n) is 10.4. The van der Waals surface area contributed by atoms with Crippen molar-refractivity contribution < 1.29 is 36.6 Å². The Labute approximate surface area is 196 Å². The largest absolute Gasteiger partial charge is 0.508 e. The summed E-state index contributed by atoms with van der Waals surface area (Å²) in [5.74, 6) is -2.40. The monoisotopic (exact) mass is 488 g/mol. The van der Waals surface area contributed by atoms with E-state index in [4.69, 9.17) is 0 Å². The second kappa shape index (κ2) is 8.69. The molecular formula is C27H18F6O2. The Bertz CT molecular complexity index is 1220. The summed E-state index contributed by atoms with van der Waals surface area (Å²) < 4.78 is 87.0. The standard InChI is InChI=1S/C27H18F6O2/c28-26(29,30)25(27(31,32)33,21-13-11-19(15-23(21)34)17-7-3-1-4-8-17)22-14-12-20(16-24(22)35)18-9-5-2-6-10-18/h1-16,34-35H. The van der Waals surface area contributed by atoms with E-state index in [1.165, 1.54) is 0 Å². The molecule has 4 rings (SSSR count). The number of aromatic hydroxyl groups is 2. The maximum atomic E-state index is 14.5. The second-order valence-electron chi connectivity index (χ2n) is 7.94. The highest BCUT2D eigenvalue weighted by Crippen LogP contribution is 2.60. The molecule has 0 saturated carbocycles. The normalized spacial score (nSPS) is 12.5. The molecule has 0 radical (unpaired) electrons. The van der Waals surface area contributed by atoms with Gasteiger partial charge in [-0.3, -0.25) is 0 Å². The molecule has 0 fully saturated rings. The summed E-state index contributed by atoms with van der Waals surface area (Å²) in [5.41, 5.74) is -6.09. The van der Waals surface area contributed by atoms with Crippen molar-refractivity contribution in [2.45, 2.75) is 17.8 Å². The zero-order chi connectivity index (χ0) is 25.4. The van der Waals surface area contributed by atoms with Gasteiger partial charge in [0, 0.05) is 11.1 Å². The Morgan fingerprint density at radius 1 is 0.429 bits per heavy atom. The van der Waals surface area contributed by atoms with Crippen molar-refractivity contribution in [3.63, 3.8) is 0 Å². The van der Waals surface area contributed by atoms with Gasteiger partial charge < -0.3 is 10.2 Å². The molecule has 180 valence electrons. The predicted octanol–water partition coefficient (Wildman–Crippen LogP) is 7.84. The van der Waals surface area contributed by atoms with Crippen LogP contribution in [-0.4, -0.2) is 22.6 Å². The minimum Gasteiger partial charge on any atom is -0.508 e. The van der Waals surface area contributed by atoms with Gasteiger partial charge in [-0.05, 0) is 34.4 Å². The lowest BCUT2D eigenvalue weighted by Crippen LogP contribution is -2.54. The molecule has 0 spiro atoms. The van der Waals surface area contributed by atoms with Gasteiger partial charge in [-0.15, -0.1) is 0 Å². The molecule has 0 unspecified atom stereocenters. The van der Waals surface area contributed by atoms with Gasteiger partial charge in [0.15, 0.2) is 0 Å². The third kappa shape index (κ3) is 4.09. The number of hydrogen-bond acceptors (Lipinski definition) is 2. The van der Waals surface area contributed by atoms with Crippen LogP contribution in [0.1, 0.15) is 11.1 Å². The SMILES string of the molecule is Oc1cc(-c2ccccc2)ccc1C(c1ccc(-c2ccccc2)cc1O)(C(F)(F)F)C(F)(F)F. The summed E-state index contributed by atoms with van der Waals surface area (Å²) in [6.45, 7) is 0. The summed E-state index contributed by atoms with van der Waals surface area (Å²) >= 11 is 0. The lowest BCUT2D eigenvalue weighted by Gasteiger charge is -2.39. The van der Waals surface area contributed by atoms with Crippen LogP contribution in [0.2, 0.25) is 0 Å². The van der Waals surface area contributed by atoms with E-state index >= 15 is 0 Å². The molecule has 2 nitrogen and oxygen atoms in total. The molecule has 0 saturated heterocycles. The van der Waals surface area contributed by atoms with Gasteiger partial charge in [-0.25, -0.2) is 0 Å². The first kappa shape index (κ1) is 24.2. The van der Waals surface area contributed by atoms with Crippen LogP contribution in [0, 0.1) is 0 Å². The number of alkyl halides is 6. The van der Waals surface area contributed by atoms with Crippen LogP contribution in [0.3, 0.4) is 0 Å². The van der Waals surface area contributed by atoms with Gasteiger partial charge in [0.1, 0.15) is 11.5 Å². The maximum absolute atomic E-state index is 14.5. The molecule has 0 bridgehead atoms. The van der Waals surface area contributed by atoms with E-state index in [0.717, 1.165) is 24.3 Å². The fourth-order valence-electron chi connectivity index (χ4n) is 4.23. The molecule has 0 aromatic heterocycles. The third-order valence-corrected chi connectivity index (χ3v) is 5.87. The first-order chi connectivity index (χ1) is 16.5. The van der Waals surface area contributed by atoms with Crippen LogP contribution in [0.15, 0.2) is 97.1 Å². The maximum Gasteiger partial charge on any atom is 0.411 e. The highest BCUT2D eigenvalue weighted by molar-refractivity contribution is 5.70. The van der Waals surface area contributed by atoms with E-state index in [2.05, 4.69) is 0 Å². The Morgan fingerprint density at radius 3 is 1.06 bits per heavy atom. The number of rotatable bonds is 4. The minimum absolute atomic E-state index is 0.230. The summed E-state index contributed by atoms with van der Waals surface area (Å²) in [6.07, 6.45) is -11.9. The lowest BCUT2D eigenvalue weighted by atomic mass is 9.71. The summed E-state index contributed by atoms with van der Waals surface area (Å²) in [5, 5.41) is 21.0. The average molecular weight is 488 g/mol. The topological polar surface area (TPSA) is 40.5 Å². The Morgan fingerprint density at radius 2 is 0.771 bits per heavy atom. The smallest absolute Gasteiger partial charge is 0.411 e. The number of phenolic OH excluding ortho intramolecular Hbond substituents is 2. The van der Waals surface area contributed by atoms with Crippen LogP contribution in [0.4, 0.5) is 26.3 Å². The van der Waals surface area contributed by atoms with Crippen LogP contribution < -0.4 is 0 Å². The van der Waals surface area contributed by atoms with E-state index in [1.54, 1.807) is 60.7 Å². The van der Waals surface area contributed by atoms with Crippen LogP contribution in [-0.2, 0) is 5.41 Å². The van der Waals surface area contributed by atoms with E-state index in [-0.39, 0.29) is 11.1 Å². The van der Waals surface area contributed by atoms with E-state index < -0.39 is 40.4 Å². The molecule has 0 amide bonds. The van der Waals surface area contributed by atoms with Crippen molar-refractivity contribution in [2.75, 3.05) is 0 Å². The van der Waals surface area contributed by atoms with E-state index in [1.807, 2.05) is 0 Å². The van der Waals surface area contributed by atoms with Gasteiger partial charge in [-0.2, -0.15) is 26.3 Å². The molecule has 35 heavy (non-hydrogen) atoms. The van der Waals surface area contributed by atoms with Gasteiger partial charge in [0.25, 0.3) is 0 Å². The molecule has 0 aliphatic heterocycles. The van der Waals surface area contributed by atoms with Gasteiger partial charge in [0.05, 0.1) is 0 Å². The summed E-state index contributed by atoms with van der Waals surface area (Å²) in [7, 11) is 0. The van der Waals surface area contributed by atoms with Crippen molar-refractivity contribution in [1.29, 1.82) is 0 Å². The van der Waals surface area contributed by atoms with Crippen molar-refractivity contribution in [3.8, 4) is 33.8 Å². The second-order valence-corrected chi connectivity index (χ2v) is 7.94. The molecular weight excluding hydrogens is 470 g/mol. The van der Waals surface area contributed by atoms with Crippen LogP contribution >= 0.6 is 0 Å². The predicted molar refractivity (Wildman–Crippen MR) is 120 cm³/mol. The van der Waals surface area contributed by atoms with Crippen LogP contribution in [0.25, 0.3) is 22.3 Å². The van der Waals surface area contributed by atoms with Crippen molar-refractivity contribution in [1.82, 2.24) is 0 Å². The summed E-state index contributed by atoms with van der Waals surface area (Å²) in [6, 6.07) is 21.4. The zero-order valence-corrected chi connectivity index (χ0v) is 17.9. The quantitative estimate of drug-likeness (QED) is 0.287. The molecule has 0 heterocycles. The fraction of sp³-hybridized carbons (Fsp3) is 0.111. The minimum atomic E-state index is -5.96. The zero-order valence-electron chi connectivity index (χ0n) is 17.9. The number of benzene rings is 4. The molecule has 0 atom stereocenters. The Balaban J connectivity index is 1.97. The van der Waals surface area contributed by atoms with Gasteiger partial charge in [-0.1, -0.05) is 84.9 Å². The van der Waals surface area contributed by atoms with Gasteiger partial charge in [0.2, 0.25) is 5.41 Å². The summed E-state index contributed by atoms with van der Waals surface area (Å²) in [4.78, 5) is 0. The molecule has 4 aromatic rings. The van der Waals surface area contributed by atoms with E-state index in [0.29, 0.717) is 23.3 Å². The number of halogens is 6. The van der Waals surface area contributed by atoms with Crippen molar-refractivity contribution >= 4 is 0 Å². The fourth-order valence-corrected chi connectivity index (χ4v) is 4.23. The number of phenols is 2. The highest BCUT2D eigenvalue weighted by atomic mass is 19.4. The lowest BCUT2D eigenvalue weighted by molar-refractivity contribution is -0.289. The van der Waals surface area contributed by atoms with Gasteiger partial charge >= 0.3 is 12.4 Å². The van der Waals surface area contributed by atoms with E-state index in [9.17, 15) is 36.6 Å². The molecule has 4 aromatic carbocycles. The molecule has 0 aliphatic carbocycles. The molecule has 0 aliphatic rings. The van der Waals surface area contributed by atoms with Crippen molar-refractivity contribution in [2.24, 2.45) is 0 Å². The average Bonchev–Trinajstić information content (AvgIpc) is 2.80. The third-order valence-electron chi connectivity index (χ3n) is 5.87. The Kier molecular flexibility index (Phi) is 6.00. The van der Waals surface area contributed by atoms with Crippen molar-refractivity contribution in [3.05, 3.63) is 108 Å². The van der Waals surface area contributed by atoms with Crippen LogP contribution in [0.5, 0.6) is 11.5 Å². The first-order valence-corrected chi connectivity index (χ1v) is 10.4.